The molecule has 19 heavy (non-hydrogen) atoms. The number of anilines is 1. The van der Waals surface area contributed by atoms with Crippen molar-refractivity contribution in [3.8, 4) is 0 Å². The smallest absolute Gasteiger partial charge is 0.271 e. The maximum atomic E-state index is 12.2. The number of nitrogens with zero attached hydrogens (tertiary/aromatic N) is 2. The van der Waals surface area contributed by atoms with Gasteiger partial charge in [0, 0.05) is 13.1 Å². The molecule has 5 heteroatoms. The quantitative estimate of drug-likeness (QED) is 0.874. The van der Waals surface area contributed by atoms with E-state index in [2.05, 4.69) is 17.3 Å². The molecule has 2 atom stereocenters. The van der Waals surface area contributed by atoms with Gasteiger partial charge in [-0.3, -0.25) is 9.48 Å². The first-order valence-corrected chi connectivity index (χ1v) is 7.21. The number of nitrogens with two attached hydrogens (primary N) is 1. The number of aromatic nitrogens is 2. The summed E-state index contributed by atoms with van der Waals surface area (Å²) in [4.78, 5) is 12.2. The SMILES string of the molecule is CCn1ncc(N)c1C(=O)NCC1CCCC(C)C1. The van der Waals surface area contributed by atoms with E-state index in [0.29, 0.717) is 23.8 Å². The van der Waals surface area contributed by atoms with Crippen LogP contribution in [0.1, 0.15) is 50.0 Å². The van der Waals surface area contributed by atoms with E-state index in [0.717, 1.165) is 12.5 Å². The summed E-state index contributed by atoms with van der Waals surface area (Å²) in [7, 11) is 0. The van der Waals surface area contributed by atoms with Gasteiger partial charge in [-0.2, -0.15) is 5.10 Å². The number of hydrogen-bond acceptors (Lipinski definition) is 3. The predicted molar refractivity (Wildman–Crippen MR) is 75.8 cm³/mol. The molecular formula is C14H24N4O. The van der Waals surface area contributed by atoms with E-state index < -0.39 is 0 Å². The summed E-state index contributed by atoms with van der Waals surface area (Å²) in [6, 6.07) is 0. The largest absolute Gasteiger partial charge is 0.396 e. The first kappa shape index (κ1) is 13.9. The number of nitrogens with one attached hydrogen (secondary N) is 1. The van der Waals surface area contributed by atoms with Gasteiger partial charge in [0.15, 0.2) is 0 Å². The van der Waals surface area contributed by atoms with Crippen LogP contribution >= 0.6 is 0 Å². The molecule has 0 spiro atoms. The highest BCUT2D eigenvalue weighted by atomic mass is 16.2. The topological polar surface area (TPSA) is 72.9 Å². The number of carbonyl (C=O) groups excluding carboxylic acids is 1. The monoisotopic (exact) mass is 264 g/mol. The number of carbonyl (C=O) groups is 1. The standard InChI is InChI=1S/C14H24N4O/c1-3-18-13(12(15)9-17-18)14(19)16-8-11-6-4-5-10(2)7-11/h9-11H,3-8,15H2,1-2H3,(H,16,19). The second kappa shape index (κ2) is 6.08. The lowest BCUT2D eigenvalue weighted by Gasteiger charge is -2.26. The summed E-state index contributed by atoms with van der Waals surface area (Å²) >= 11 is 0. The van der Waals surface area contributed by atoms with Crippen LogP contribution in [0.15, 0.2) is 6.20 Å². The average Bonchev–Trinajstić information content (AvgIpc) is 2.77. The molecule has 106 valence electrons. The number of nitrogen functional groups attached to an aromatic ring is 1. The minimum Gasteiger partial charge on any atom is -0.396 e. The fraction of sp³-hybridized carbons (Fsp3) is 0.714. The summed E-state index contributed by atoms with van der Waals surface area (Å²) in [5.74, 6) is 1.28. The molecule has 1 amide bonds. The van der Waals surface area contributed by atoms with Gasteiger partial charge >= 0.3 is 0 Å². The van der Waals surface area contributed by atoms with Crippen LogP contribution in [-0.4, -0.2) is 22.2 Å². The van der Waals surface area contributed by atoms with Crippen LogP contribution in [0.2, 0.25) is 0 Å². The molecule has 0 radical (unpaired) electrons. The summed E-state index contributed by atoms with van der Waals surface area (Å²) in [6.07, 6.45) is 6.56. The third-order valence-corrected chi connectivity index (χ3v) is 3.98. The van der Waals surface area contributed by atoms with E-state index in [9.17, 15) is 4.79 Å². The minimum atomic E-state index is -0.102. The van der Waals surface area contributed by atoms with Crippen LogP contribution in [0.4, 0.5) is 5.69 Å². The molecule has 0 bridgehead atoms. The van der Waals surface area contributed by atoms with E-state index in [1.54, 1.807) is 10.9 Å². The van der Waals surface area contributed by atoms with Crippen LogP contribution < -0.4 is 11.1 Å². The van der Waals surface area contributed by atoms with Crippen molar-refractivity contribution in [1.29, 1.82) is 0 Å². The van der Waals surface area contributed by atoms with Crippen molar-refractivity contribution in [1.82, 2.24) is 15.1 Å². The molecule has 0 saturated heterocycles. The lowest BCUT2D eigenvalue weighted by Crippen LogP contribution is -2.33. The Hall–Kier alpha value is -1.52. The van der Waals surface area contributed by atoms with Gasteiger partial charge in [0.05, 0.1) is 11.9 Å². The Morgan fingerprint density at radius 3 is 3.05 bits per heavy atom. The Labute approximate surface area is 114 Å². The summed E-state index contributed by atoms with van der Waals surface area (Å²) in [5, 5.41) is 7.10. The van der Waals surface area contributed by atoms with E-state index in [-0.39, 0.29) is 5.91 Å². The molecule has 2 unspecified atom stereocenters. The Balaban J connectivity index is 1.92. The van der Waals surface area contributed by atoms with Crippen LogP contribution in [0.3, 0.4) is 0 Å². The molecule has 1 aromatic rings. The molecule has 1 aliphatic rings. The van der Waals surface area contributed by atoms with Crippen LogP contribution in [0.5, 0.6) is 0 Å². The molecule has 2 rings (SSSR count). The summed E-state index contributed by atoms with van der Waals surface area (Å²) in [6.45, 7) is 5.64. The molecule has 3 N–H and O–H groups in total. The van der Waals surface area contributed by atoms with Gasteiger partial charge in [0.1, 0.15) is 5.69 Å². The number of amides is 1. The van der Waals surface area contributed by atoms with Gasteiger partial charge in [-0.15, -0.1) is 0 Å². The minimum absolute atomic E-state index is 0.102. The lowest BCUT2D eigenvalue weighted by molar-refractivity contribution is 0.0931. The Morgan fingerprint density at radius 1 is 1.58 bits per heavy atom. The van der Waals surface area contributed by atoms with Gasteiger partial charge in [-0.1, -0.05) is 19.8 Å². The normalized spacial score (nSPS) is 23.3. The van der Waals surface area contributed by atoms with Crippen molar-refractivity contribution >= 4 is 11.6 Å². The molecule has 1 aromatic heterocycles. The molecule has 0 aliphatic heterocycles. The average molecular weight is 264 g/mol. The van der Waals surface area contributed by atoms with Crippen molar-refractivity contribution in [3.63, 3.8) is 0 Å². The molecule has 1 heterocycles. The van der Waals surface area contributed by atoms with Gasteiger partial charge in [0.25, 0.3) is 5.91 Å². The van der Waals surface area contributed by atoms with Crippen molar-refractivity contribution in [2.24, 2.45) is 11.8 Å². The predicted octanol–water partition coefficient (Wildman–Crippen LogP) is 2.04. The number of aryl methyl sites for hydroxylation is 1. The summed E-state index contributed by atoms with van der Waals surface area (Å²) < 4.78 is 1.65. The van der Waals surface area contributed by atoms with Crippen LogP contribution in [0, 0.1) is 11.8 Å². The molecule has 1 saturated carbocycles. The van der Waals surface area contributed by atoms with E-state index >= 15 is 0 Å². The van der Waals surface area contributed by atoms with E-state index in [1.165, 1.54) is 25.7 Å². The van der Waals surface area contributed by atoms with Gasteiger partial charge < -0.3 is 11.1 Å². The Morgan fingerprint density at radius 2 is 2.37 bits per heavy atom. The second-order valence-corrected chi connectivity index (χ2v) is 5.61. The van der Waals surface area contributed by atoms with E-state index in [1.807, 2.05) is 6.92 Å². The van der Waals surface area contributed by atoms with Gasteiger partial charge in [-0.05, 0) is 31.6 Å². The second-order valence-electron chi connectivity index (χ2n) is 5.61. The van der Waals surface area contributed by atoms with Crippen molar-refractivity contribution in [3.05, 3.63) is 11.9 Å². The zero-order chi connectivity index (χ0) is 13.8. The highest BCUT2D eigenvalue weighted by molar-refractivity contribution is 5.97. The molecule has 1 aliphatic carbocycles. The highest BCUT2D eigenvalue weighted by Crippen LogP contribution is 2.28. The maximum absolute atomic E-state index is 12.2. The number of rotatable bonds is 4. The first-order valence-electron chi connectivity index (χ1n) is 7.21. The van der Waals surface area contributed by atoms with E-state index in [4.69, 9.17) is 5.73 Å². The third kappa shape index (κ3) is 3.28. The molecule has 5 nitrogen and oxygen atoms in total. The van der Waals surface area contributed by atoms with Crippen LogP contribution in [-0.2, 0) is 6.54 Å². The lowest BCUT2D eigenvalue weighted by atomic mass is 9.82. The number of hydrogen-bond donors (Lipinski definition) is 2. The van der Waals surface area contributed by atoms with Gasteiger partial charge in [0.2, 0.25) is 0 Å². The van der Waals surface area contributed by atoms with Crippen molar-refractivity contribution < 1.29 is 4.79 Å². The fourth-order valence-electron chi connectivity index (χ4n) is 2.95. The molecule has 0 aromatic carbocycles. The van der Waals surface area contributed by atoms with Gasteiger partial charge in [-0.25, -0.2) is 0 Å². The Kier molecular flexibility index (Phi) is 4.45. The fourth-order valence-corrected chi connectivity index (χ4v) is 2.95. The molecule has 1 fully saturated rings. The van der Waals surface area contributed by atoms with Crippen LogP contribution in [0.25, 0.3) is 0 Å². The maximum Gasteiger partial charge on any atom is 0.271 e. The molecular weight excluding hydrogens is 240 g/mol. The van der Waals surface area contributed by atoms with Crippen molar-refractivity contribution in [2.75, 3.05) is 12.3 Å². The Bertz CT molecular complexity index is 441. The highest BCUT2D eigenvalue weighted by Gasteiger charge is 2.21. The zero-order valence-electron chi connectivity index (χ0n) is 11.9. The van der Waals surface area contributed by atoms with Crippen molar-refractivity contribution in [2.45, 2.75) is 46.1 Å². The zero-order valence-corrected chi connectivity index (χ0v) is 11.9. The first-order chi connectivity index (χ1) is 9.11. The summed E-state index contributed by atoms with van der Waals surface area (Å²) in [5.41, 5.74) is 6.75. The third-order valence-electron chi connectivity index (χ3n) is 3.98.